The molecule has 170 valence electrons. The van der Waals surface area contributed by atoms with Crippen LogP contribution in [-0.4, -0.2) is 53.9 Å². The van der Waals surface area contributed by atoms with Crippen molar-refractivity contribution in [1.82, 2.24) is 19.3 Å². The molecular weight excluding hydrogens is 445 g/mol. The fraction of sp³-hybridized carbons (Fsp3) is 0.333. The molecule has 0 spiro atoms. The summed E-state index contributed by atoms with van der Waals surface area (Å²) < 4.78 is 71.2. The minimum Gasteiger partial charge on any atom is -0.337 e. The molecule has 4 rings (SSSR count). The summed E-state index contributed by atoms with van der Waals surface area (Å²) in [4.78, 5) is 6.53. The van der Waals surface area contributed by atoms with Crippen molar-refractivity contribution < 1.29 is 26.1 Å². The number of halogens is 3. The summed E-state index contributed by atoms with van der Waals surface area (Å²) in [5, 5.41) is 3.83. The van der Waals surface area contributed by atoms with Crippen LogP contribution in [0.5, 0.6) is 0 Å². The molecular formula is C21H21F3N4O3S. The molecule has 2 aromatic carbocycles. The lowest BCUT2D eigenvalue weighted by molar-refractivity contribution is -0.137. The van der Waals surface area contributed by atoms with Crippen molar-refractivity contribution in [3.05, 3.63) is 66.1 Å². The van der Waals surface area contributed by atoms with Gasteiger partial charge in [0.2, 0.25) is 21.7 Å². The van der Waals surface area contributed by atoms with E-state index in [1.165, 1.54) is 16.4 Å². The second-order valence-electron chi connectivity index (χ2n) is 7.46. The number of hydrogen-bond acceptors (Lipinski definition) is 6. The molecule has 1 aliphatic heterocycles. The molecule has 0 N–H and O–H groups in total. The molecule has 1 atom stereocenters. The van der Waals surface area contributed by atoms with Crippen molar-refractivity contribution in [2.24, 2.45) is 0 Å². The number of piperazine rings is 1. The highest BCUT2D eigenvalue weighted by Gasteiger charge is 2.33. The molecule has 0 radical (unpaired) electrons. The Morgan fingerprint density at radius 3 is 2.34 bits per heavy atom. The van der Waals surface area contributed by atoms with Gasteiger partial charge in [0.25, 0.3) is 0 Å². The van der Waals surface area contributed by atoms with E-state index in [1.807, 2.05) is 11.8 Å². The van der Waals surface area contributed by atoms with E-state index in [0.717, 1.165) is 12.1 Å². The van der Waals surface area contributed by atoms with Gasteiger partial charge in [0.15, 0.2) is 0 Å². The van der Waals surface area contributed by atoms with Crippen LogP contribution in [0.3, 0.4) is 0 Å². The molecule has 7 nitrogen and oxygen atoms in total. The molecule has 11 heteroatoms. The fourth-order valence-corrected chi connectivity index (χ4v) is 5.03. The van der Waals surface area contributed by atoms with Crippen molar-refractivity contribution in [2.75, 3.05) is 26.2 Å². The minimum atomic E-state index is -4.46. The predicted octanol–water partition coefficient (Wildman–Crippen LogP) is 3.82. The predicted molar refractivity (Wildman–Crippen MR) is 110 cm³/mol. The molecule has 0 amide bonds. The average molecular weight is 466 g/mol. The molecule has 2 heterocycles. The number of benzene rings is 2. The van der Waals surface area contributed by atoms with Crippen molar-refractivity contribution in [1.29, 1.82) is 0 Å². The van der Waals surface area contributed by atoms with Crippen molar-refractivity contribution in [3.63, 3.8) is 0 Å². The summed E-state index contributed by atoms with van der Waals surface area (Å²) in [6, 6.07) is 12.7. The third kappa shape index (κ3) is 4.54. The summed E-state index contributed by atoms with van der Waals surface area (Å²) in [5.74, 6) is 0.333. The van der Waals surface area contributed by atoms with Crippen LogP contribution in [0.25, 0.3) is 11.4 Å². The van der Waals surface area contributed by atoms with Crippen LogP contribution in [-0.2, 0) is 16.2 Å². The van der Waals surface area contributed by atoms with Gasteiger partial charge in [-0.05, 0) is 31.2 Å². The molecule has 1 aliphatic rings. The third-order valence-electron chi connectivity index (χ3n) is 5.45. The van der Waals surface area contributed by atoms with Crippen LogP contribution < -0.4 is 0 Å². The first-order chi connectivity index (χ1) is 15.2. The van der Waals surface area contributed by atoms with Crippen LogP contribution in [0, 0.1) is 0 Å². The van der Waals surface area contributed by atoms with E-state index in [0.29, 0.717) is 26.2 Å². The van der Waals surface area contributed by atoms with Crippen LogP contribution in [0.4, 0.5) is 13.2 Å². The number of hydrogen-bond donors (Lipinski definition) is 0. The van der Waals surface area contributed by atoms with Crippen molar-refractivity contribution in [2.45, 2.75) is 24.0 Å². The lowest BCUT2D eigenvalue weighted by Gasteiger charge is -2.36. The van der Waals surface area contributed by atoms with E-state index in [4.69, 9.17) is 4.52 Å². The smallest absolute Gasteiger partial charge is 0.337 e. The van der Waals surface area contributed by atoms with E-state index < -0.39 is 21.8 Å². The van der Waals surface area contributed by atoms with Crippen LogP contribution in [0.1, 0.15) is 24.4 Å². The molecule has 1 aromatic heterocycles. The third-order valence-corrected chi connectivity index (χ3v) is 7.36. The van der Waals surface area contributed by atoms with E-state index in [2.05, 4.69) is 10.1 Å². The monoisotopic (exact) mass is 466 g/mol. The maximum absolute atomic E-state index is 13.0. The molecule has 1 fully saturated rings. The number of rotatable bonds is 5. The second kappa shape index (κ2) is 8.64. The number of nitrogens with zero attached hydrogens (tertiary/aromatic N) is 4. The lowest BCUT2D eigenvalue weighted by atomic mass is 10.1. The Balaban J connectivity index is 1.44. The van der Waals surface area contributed by atoms with Gasteiger partial charge in [-0.15, -0.1) is 0 Å². The quantitative estimate of drug-likeness (QED) is 0.569. The highest BCUT2D eigenvalue weighted by Crippen LogP contribution is 2.32. The average Bonchev–Trinajstić information content (AvgIpc) is 3.29. The molecule has 32 heavy (non-hydrogen) atoms. The first-order valence-corrected chi connectivity index (χ1v) is 11.4. The molecule has 1 unspecified atom stereocenters. The van der Waals surface area contributed by atoms with Crippen LogP contribution in [0.2, 0.25) is 0 Å². The molecule has 0 aliphatic carbocycles. The zero-order valence-corrected chi connectivity index (χ0v) is 18.0. The Bertz CT molecular complexity index is 1170. The first kappa shape index (κ1) is 22.4. The number of alkyl halides is 3. The topological polar surface area (TPSA) is 79.5 Å². The van der Waals surface area contributed by atoms with Gasteiger partial charge in [-0.2, -0.15) is 22.5 Å². The first-order valence-electron chi connectivity index (χ1n) is 9.97. The van der Waals surface area contributed by atoms with Gasteiger partial charge in [-0.25, -0.2) is 8.42 Å². The minimum absolute atomic E-state index is 0.0724. The summed E-state index contributed by atoms with van der Waals surface area (Å²) >= 11 is 0. The van der Waals surface area contributed by atoms with Crippen LogP contribution in [0.15, 0.2) is 64.0 Å². The number of aromatic nitrogens is 2. The fourth-order valence-electron chi connectivity index (χ4n) is 3.59. The normalized spacial score (nSPS) is 17.4. The van der Waals surface area contributed by atoms with Crippen molar-refractivity contribution >= 4 is 10.0 Å². The largest absolute Gasteiger partial charge is 0.416 e. The van der Waals surface area contributed by atoms with E-state index in [1.54, 1.807) is 30.3 Å². The Kier molecular flexibility index (Phi) is 6.06. The molecule has 1 saturated heterocycles. The lowest BCUT2D eigenvalue weighted by Crippen LogP contribution is -2.49. The van der Waals surface area contributed by atoms with E-state index in [-0.39, 0.29) is 28.2 Å². The van der Waals surface area contributed by atoms with Crippen molar-refractivity contribution in [3.8, 4) is 11.4 Å². The maximum atomic E-state index is 13.0. The standard InChI is InChI=1S/C21H21F3N4O3S/c1-15(20-25-19(26-31-20)16-6-5-7-17(14-16)21(22,23)24)27-10-12-28(13-11-27)32(29,30)18-8-3-2-4-9-18/h2-9,14-15H,10-13H2,1H3. The van der Waals surface area contributed by atoms with Gasteiger partial charge in [-0.3, -0.25) is 4.90 Å². The second-order valence-corrected chi connectivity index (χ2v) is 9.40. The van der Waals surface area contributed by atoms with E-state index in [9.17, 15) is 21.6 Å². The summed E-state index contributed by atoms with van der Waals surface area (Å²) in [6.45, 7) is 3.35. The zero-order chi connectivity index (χ0) is 22.9. The Morgan fingerprint density at radius 1 is 1.00 bits per heavy atom. The number of sulfonamides is 1. The highest BCUT2D eigenvalue weighted by molar-refractivity contribution is 7.89. The summed E-state index contributed by atoms with van der Waals surface area (Å²) in [6.07, 6.45) is -4.46. The van der Waals surface area contributed by atoms with Crippen LogP contribution >= 0.6 is 0 Å². The van der Waals surface area contributed by atoms with Gasteiger partial charge in [0.1, 0.15) is 0 Å². The zero-order valence-electron chi connectivity index (χ0n) is 17.2. The highest BCUT2D eigenvalue weighted by atomic mass is 32.2. The summed E-state index contributed by atoms with van der Waals surface area (Å²) in [7, 11) is -3.56. The van der Waals surface area contributed by atoms with Gasteiger partial charge in [-0.1, -0.05) is 35.5 Å². The van der Waals surface area contributed by atoms with Gasteiger partial charge >= 0.3 is 6.18 Å². The molecule has 0 saturated carbocycles. The Morgan fingerprint density at radius 2 is 1.69 bits per heavy atom. The molecule has 3 aromatic rings. The summed E-state index contributed by atoms with van der Waals surface area (Å²) in [5.41, 5.74) is -0.578. The van der Waals surface area contributed by atoms with Gasteiger partial charge < -0.3 is 4.52 Å². The SMILES string of the molecule is CC(c1nc(-c2cccc(C(F)(F)F)c2)no1)N1CCN(S(=O)(=O)c2ccccc2)CC1. The maximum Gasteiger partial charge on any atom is 0.416 e. The van der Waals surface area contributed by atoms with E-state index >= 15 is 0 Å². The van der Waals surface area contributed by atoms with Gasteiger partial charge in [0.05, 0.1) is 16.5 Å². The Labute approximate surface area is 183 Å². The molecule has 0 bridgehead atoms. The van der Waals surface area contributed by atoms with Gasteiger partial charge in [0, 0.05) is 31.7 Å². The Hall–Kier alpha value is -2.76.